The fourth-order valence-electron chi connectivity index (χ4n) is 3.58. The van der Waals surface area contributed by atoms with Gasteiger partial charge in [-0.25, -0.2) is 4.98 Å². The molecule has 3 atom stereocenters. The van der Waals surface area contributed by atoms with Gasteiger partial charge in [0.15, 0.2) is 0 Å². The van der Waals surface area contributed by atoms with E-state index >= 15 is 0 Å². The van der Waals surface area contributed by atoms with Gasteiger partial charge in [0.2, 0.25) is 11.8 Å². The third kappa shape index (κ3) is 6.10. The first kappa shape index (κ1) is 25.1. The number of hydrogen-bond acceptors (Lipinski definition) is 7. The van der Waals surface area contributed by atoms with Gasteiger partial charge in [0.25, 0.3) is 5.91 Å². The fourth-order valence-corrected chi connectivity index (χ4v) is 3.58. The lowest BCUT2D eigenvalue weighted by Gasteiger charge is -2.37. The van der Waals surface area contributed by atoms with Crippen molar-refractivity contribution in [3.05, 3.63) is 53.5 Å². The number of aliphatic hydroxyl groups excluding tert-OH is 1. The van der Waals surface area contributed by atoms with Crippen LogP contribution in [0.25, 0.3) is 0 Å². The number of carbonyl (C=O) groups is 2. The highest BCUT2D eigenvalue weighted by Gasteiger charge is 2.34. The van der Waals surface area contributed by atoms with E-state index in [4.69, 9.17) is 9.47 Å². The lowest BCUT2D eigenvalue weighted by atomic mass is 10.00. The summed E-state index contributed by atoms with van der Waals surface area (Å²) in [6, 6.07) is 4.88. The molecule has 2 amide bonds. The Morgan fingerprint density at radius 2 is 2.15 bits per heavy atom. The van der Waals surface area contributed by atoms with Crippen molar-refractivity contribution in [1.29, 1.82) is 0 Å². The summed E-state index contributed by atoms with van der Waals surface area (Å²) in [5, 5.41) is 9.77. The number of likely N-dealkylation sites (N-methyl/N-ethyl adjacent to an activating group) is 1. The van der Waals surface area contributed by atoms with Crippen molar-refractivity contribution in [3.8, 4) is 17.7 Å². The van der Waals surface area contributed by atoms with Crippen molar-refractivity contribution in [2.45, 2.75) is 26.0 Å². The Labute approximate surface area is 199 Å². The van der Waals surface area contributed by atoms with Crippen molar-refractivity contribution < 1.29 is 24.2 Å². The van der Waals surface area contributed by atoms with Gasteiger partial charge in [-0.2, -0.15) is 0 Å². The number of nitrogens with zero attached hydrogens (tertiary/aromatic N) is 4. The molecule has 0 saturated heterocycles. The quantitative estimate of drug-likeness (QED) is 0.638. The molecule has 34 heavy (non-hydrogen) atoms. The van der Waals surface area contributed by atoms with Crippen LogP contribution in [0.5, 0.6) is 5.88 Å². The number of fused-ring (bicyclic) bond motifs is 1. The smallest absolute Gasteiger partial charge is 0.259 e. The van der Waals surface area contributed by atoms with Crippen LogP contribution in [0.15, 0.2) is 36.8 Å². The predicted octanol–water partition coefficient (Wildman–Crippen LogP) is 1.20. The van der Waals surface area contributed by atoms with E-state index in [2.05, 4.69) is 21.8 Å². The summed E-state index contributed by atoms with van der Waals surface area (Å²) in [7, 11) is 3.15. The zero-order valence-electron chi connectivity index (χ0n) is 19.9. The third-order valence-corrected chi connectivity index (χ3v) is 5.68. The third-order valence-electron chi connectivity index (χ3n) is 5.68. The molecule has 0 bridgehead atoms. The lowest BCUT2D eigenvalue weighted by molar-refractivity contribution is -0.135. The van der Waals surface area contributed by atoms with Gasteiger partial charge in [-0.05, 0) is 25.1 Å². The van der Waals surface area contributed by atoms with Gasteiger partial charge < -0.3 is 24.4 Å². The molecule has 180 valence electrons. The van der Waals surface area contributed by atoms with Crippen molar-refractivity contribution in [1.82, 2.24) is 19.8 Å². The maximum atomic E-state index is 13.4. The van der Waals surface area contributed by atoms with Crippen molar-refractivity contribution in [2.75, 3.05) is 40.5 Å². The molecule has 1 aliphatic rings. The topological polar surface area (TPSA) is 105 Å². The van der Waals surface area contributed by atoms with E-state index in [9.17, 15) is 14.7 Å². The molecule has 0 spiro atoms. The Hall–Kier alpha value is -3.48. The van der Waals surface area contributed by atoms with E-state index in [1.807, 2.05) is 13.0 Å². The minimum absolute atomic E-state index is 0.0302. The first-order valence-electron chi connectivity index (χ1n) is 11.1. The van der Waals surface area contributed by atoms with Crippen LogP contribution in [0.3, 0.4) is 0 Å². The molecule has 0 radical (unpaired) electrons. The molecule has 2 aromatic heterocycles. The molecular formula is C25H30N4O5. The Morgan fingerprint density at radius 3 is 2.82 bits per heavy atom. The highest BCUT2D eigenvalue weighted by atomic mass is 16.5. The van der Waals surface area contributed by atoms with Crippen LogP contribution >= 0.6 is 0 Å². The van der Waals surface area contributed by atoms with E-state index in [0.29, 0.717) is 18.7 Å². The highest BCUT2D eigenvalue weighted by molar-refractivity contribution is 5.97. The number of rotatable bonds is 6. The highest BCUT2D eigenvalue weighted by Crippen LogP contribution is 2.27. The second-order valence-corrected chi connectivity index (χ2v) is 8.40. The zero-order chi connectivity index (χ0) is 24.7. The summed E-state index contributed by atoms with van der Waals surface area (Å²) in [5.74, 6) is 5.60. The number of amides is 2. The van der Waals surface area contributed by atoms with Crippen LogP contribution in [-0.2, 0) is 9.53 Å². The Morgan fingerprint density at radius 1 is 1.38 bits per heavy atom. The maximum absolute atomic E-state index is 13.4. The summed E-state index contributed by atoms with van der Waals surface area (Å²) < 4.78 is 11.1. The van der Waals surface area contributed by atoms with Crippen LogP contribution < -0.4 is 4.74 Å². The van der Waals surface area contributed by atoms with Gasteiger partial charge in [0.05, 0.1) is 19.2 Å². The first-order valence-corrected chi connectivity index (χ1v) is 11.1. The number of aliphatic hydroxyl groups is 1. The molecule has 1 aliphatic heterocycles. The number of methoxy groups -OCH3 is 1. The zero-order valence-corrected chi connectivity index (χ0v) is 19.9. The van der Waals surface area contributed by atoms with Gasteiger partial charge >= 0.3 is 0 Å². The molecule has 0 fully saturated rings. The molecule has 0 aromatic carbocycles. The molecule has 3 rings (SSSR count). The van der Waals surface area contributed by atoms with Crippen LogP contribution in [0.4, 0.5) is 0 Å². The predicted molar refractivity (Wildman–Crippen MR) is 125 cm³/mol. The maximum Gasteiger partial charge on any atom is 0.259 e. The summed E-state index contributed by atoms with van der Waals surface area (Å²) in [5.41, 5.74) is 1.56. The molecule has 9 heteroatoms. The van der Waals surface area contributed by atoms with Crippen LogP contribution in [-0.4, -0.2) is 89.3 Å². The summed E-state index contributed by atoms with van der Waals surface area (Å²) in [4.78, 5) is 37.3. The second-order valence-electron chi connectivity index (χ2n) is 8.40. The van der Waals surface area contributed by atoms with Gasteiger partial charge in [0, 0.05) is 56.3 Å². The molecule has 1 N–H and O–H groups in total. The minimum Gasteiger partial charge on any atom is -0.472 e. The molecule has 9 nitrogen and oxygen atoms in total. The van der Waals surface area contributed by atoms with Gasteiger partial charge in [-0.1, -0.05) is 18.8 Å². The van der Waals surface area contributed by atoms with Crippen molar-refractivity contribution in [3.63, 3.8) is 0 Å². The minimum atomic E-state index is -0.425. The number of pyridine rings is 2. The average molecular weight is 467 g/mol. The lowest BCUT2D eigenvalue weighted by Crippen LogP contribution is -2.50. The second kappa shape index (κ2) is 11.6. The normalized spacial score (nSPS) is 18.5. The molecular weight excluding hydrogens is 436 g/mol. The summed E-state index contributed by atoms with van der Waals surface area (Å²) in [6.45, 7) is 4.17. The molecule has 3 heterocycles. The monoisotopic (exact) mass is 466 g/mol. The Kier molecular flexibility index (Phi) is 8.57. The van der Waals surface area contributed by atoms with E-state index in [0.717, 1.165) is 5.56 Å². The molecule has 0 saturated carbocycles. The number of carbonyl (C=O) groups excluding carboxylic acids is 2. The van der Waals surface area contributed by atoms with Crippen LogP contribution in [0.2, 0.25) is 0 Å². The SMILES string of the molecule is COCC(=O)N(C)C[C@@H]1Oc2ncc(C#Cc3cccnc3)cc2C(=O)N([C@@H](C)CO)C[C@H]1C. The molecule has 2 aromatic rings. The van der Waals surface area contributed by atoms with E-state index < -0.39 is 12.1 Å². The van der Waals surface area contributed by atoms with E-state index in [1.54, 1.807) is 54.5 Å². The largest absolute Gasteiger partial charge is 0.472 e. The van der Waals surface area contributed by atoms with Crippen molar-refractivity contribution >= 4 is 11.8 Å². The van der Waals surface area contributed by atoms with E-state index in [-0.39, 0.29) is 42.4 Å². The van der Waals surface area contributed by atoms with Crippen LogP contribution in [0, 0.1) is 17.8 Å². The summed E-state index contributed by atoms with van der Waals surface area (Å²) in [6.07, 6.45) is 4.45. The first-order chi connectivity index (χ1) is 16.3. The molecule has 0 aliphatic carbocycles. The standard InChI is InChI=1S/C25H30N4O5/c1-17-13-29(18(2)15-30)25(32)21-10-20(8-7-19-6-5-9-26-11-19)12-27-24(21)34-22(17)14-28(3)23(31)16-33-4/h5-6,9-12,17-18,22,30H,13-16H2,1-4H3/t17-,18+,22+/m1/s1. The Bertz CT molecular complexity index is 1070. The average Bonchev–Trinajstić information content (AvgIpc) is 2.85. The molecule has 0 unspecified atom stereocenters. The van der Waals surface area contributed by atoms with Gasteiger partial charge in [-0.3, -0.25) is 14.6 Å². The Balaban J connectivity index is 1.96. The number of aromatic nitrogens is 2. The fraction of sp³-hybridized carbons (Fsp3) is 0.440. The number of ether oxygens (including phenoxy) is 2. The van der Waals surface area contributed by atoms with Gasteiger partial charge in [0.1, 0.15) is 18.3 Å². The number of hydrogen-bond donors (Lipinski definition) is 1. The van der Waals surface area contributed by atoms with Crippen LogP contribution in [0.1, 0.15) is 35.3 Å². The van der Waals surface area contributed by atoms with Gasteiger partial charge in [-0.15, -0.1) is 0 Å². The summed E-state index contributed by atoms with van der Waals surface area (Å²) >= 11 is 0. The van der Waals surface area contributed by atoms with Crippen molar-refractivity contribution in [2.24, 2.45) is 5.92 Å². The van der Waals surface area contributed by atoms with E-state index in [1.165, 1.54) is 7.11 Å².